The second-order valence-corrected chi connectivity index (χ2v) is 32.3. The van der Waals surface area contributed by atoms with Gasteiger partial charge in [-0.05, 0) is 291 Å². The van der Waals surface area contributed by atoms with E-state index in [-0.39, 0.29) is 5.56 Å². The molecule has 123 heavy (non-hydrogen) atoms. The van der Waals surface area contributed by atoms with Gasteiger partial charge in [0.05, 0.1) is 0 Å². The Labute approximate surface area is 754 Å². The van der Waals surface area contributed by atoms with Gasteiger partial charge in [0.15, 0.2) is 31.0 Å². The Balaban J connectivity index is 0.000000147. The molecule has 5 heterocycles. The summed E-state index contributed by atoms with van der Waals surface area (Å²) in [7, 11) is 9.89. The minimum Gasteiger partial charge on any atom is -0.201 e. The highest BCUT2D eigenvalue weighted by Crippen LogP contribution is 2.39. The third-order valence-electron chi connectivity index (χ3n) is 23.2. The van der Waals surface area contributed by atoms with Gasteiger partial charge >= 0.3 is 0 Å². The predicted molar refractivity (Wildman–Crippen MR) is 519 cm³/mol. The number of rotatable bonds is 12. The van der Waals surface area contributed by atoms with E-state index >= 15 is 0 Å². The van der Waals surface area contributed by atoms with Crippen LogP contribution >= 0.6 is 0 Å². The second kappa shape index (κ2) is 39.3. The molecule has 5 nitrogen and oxygen atoms in total. The Bertz CT molecular complexity index is 7040. The van der Waals surface area contributed by atoms with E-state index in [1.54, 1.807) is 46.7 Å². The van der Waals surface area contributed by atoms with Crippen molar-refractivity contribution in [3.05, 3.63) is 435 Å². The molecule has 17 aromatic rings. The maximum absolute atomic E-state index is 8.09. The molecule has 17 rings (SSSR count). The number of pyridine rings is 5. The van der Waals surface area contributed by atoms with Gasteiger partial charge in [0, 0.05) is 107 Å². The van der Waals surface area contributed by atoms with Gasteiger partial charge in [-0.1, -0.05) is 243 Å². The lowest BCUT2D eigenvalue weighted by Gasteiger charge is -2.13. The molecule has 0 saturated carbocycles. The number of hydrogen-bond acceptors (Lipinski definition) is 0. The average molecular weight is 1620 g/mol. The fraction of sp³-hybridized carbons (Fsp3) is 0.178. The Morgan fingerprint density at radius 1 is 0.154 bits per heavy atom. The van der Waals surface area contributed by atoms with Crippen LogP contribution in [0.4, 0.5) is 0 Å². The van der Waals surface area contributed by atoms with Crippen molar-refractivity contribution in [1.29, 1.82) is 0 Å². The monoisotopic (exact) mass is 1620 g/mol. The Hall–Kier alpha value is -13.6. The molecule has 0 saturated heterocycles. The number of aromatic nitrogens is 5. The van der Waals surface area contributed by atoms with Crippen LogP contribution in [0, 0.1) is 110 Å². The average Bonchev–Trinajstić information content (AvgIpc) is 0.725. The molecule has 0 aliphatic carbocycles. The molecule has 0 aliphatic rings. The summed E-state index contributed by atoms with van der Waals surface area (Å²) >= 11 is 0. The molecule has 0 atom stereocenters. The van der Waals surface area contributed by atoms with E-state index in [1.807, 2.05) is 223 Å². The minimum atomic E-state index is -2.28. The van der Waals surface area contributed by atoms with E-state index in [0.29, 0.717) is 44.5 Å². The highest BCUT2D eigenvalue weighted by atomic mass is 14.9. The molecule has 0 fully saturated rings. The van der Waals surface area contributed by atoms with Gasteiger partial charge in [-0.15, -0.1) is 0 Å². The van der Waals surface area contributed by atoms with Gasteiger partial charge in [-0.3, -0.25) is 0 Å². The molecule has 0 radical (unpaired) electrons. The first kappa shape index (κ1) is 69.1. The molecular weight excluding hydrogens is 1490 g/mol. The predicted octanol–water partition coefficient (Wildman–Crippen LogP) is 27.5. The SMILES string of the molecule is Cc1cc(-c2cc(-c3ccccc3)c(C)cc2C)[n+](C)cc1C.Cc1cc(C)c(-c2cc(-c3ccccc3)c(C)c[n+]2C)cc1-c1ccccc1.[2H]C([2H])([2H])c1c[n+](C)c(-c2cc(-c3ccccc3)c(C([2H])([2H])[2H])cc2C)cc1C.[2H]C([2H])([2H])c1cc(C)c(-c2cc(-c3ccccc3)c(C([2H])([2H])[2H])c[n+]2C)cc1-c1ccccc1.[2H]C([2H])([2H])c1cc(C)c(-c2cccc[n+]2C)cc1-c1ccccc1. The van der Waals surface area contributed by atoms with Crippen LogP contribution in [0.15, 0.2) is 346 Å². The van der Waals surface area contributed by atoms with Crippen LogP contribution in [0.3, 0.4) is 0 Å². The Morgan fingerprint density at radius 2 is 0.366 bits per heavy atom. The highest BCUT2D eigenvalue weighted by molar-refractivity contribution is 5.83. The standard InChI is InChI=1S/2C27H26N.2C22H24N.C20H20N/c2*1-19-15-20(2)26(16-24(19)22-11-7-5-8-12-22)27-17-25(21(3)18-28(27)4)23-13-9-6-10-14-23;2*1-15-12-22(23(5)14-18(15)4)21-13-20(16(2)11-17(21)3)19-9-7-6-8-10-19;1-15-13-16(2)19(20-11-7-8-12-21(20)3)14-18(15)17-9-5-4-6-10-17/h2*5-18H,1-4H3;2*6-14H,1-5H3;4-14H,1-3H3/q5*+1/i1D3,3D3;;2D3,4D3;;1D3. The van der Waals surface area contributed by atoms with Gasteiger partial charge in [-0.25, -0.2) is 22.8 Å². The van der Waals surface area contributed by atoms with Crippen LogP contribution in [0.1, 0.15) is 110 Å². The van der Waals surface area contributed by atoms with Crippen LogP contribution in [-0.2, 0) is 35.2 Å². The van der Waals surface area contributed by atoms with E-state index in [0.717, 1.165) is 78.3 Å². The summed E-state index contributed by atoms with van der Waals surface area (Å²) in [6.45, 7) is 11.7. The molecule has 0 bridgehead atoms. The highest BCUT2D eigenvalue weighted by Gasteiger charge is 2.24. The first-order valence-electron chi connectivity index (χ1n) is 49.3. The van der Waals surface area contributed by atoms with Gasteiger partial charge < -0.3 is 0 Å². The van der Waals surface area contributed by atoms with Crippen molar-refractivity contribution in [3.63, 3.8) is 0 Å². The molecule has 0 spiro atoms. The molecule has 12 aromatic carbocycles. The zero-order chi connectivity index (χ0) is 99.8. The van der Waals surface area contributed by atoms with Crippen molar-refractivity contribution in [1.82, 2.24) is 0 Å². The molecular formula is C118H120N5+5. The fourth-order valence-electron chi connectivity index (χ4n) is 16.4. The first-order valence-corrected chi connectivity index (χ1v) is 41.8. The Kier molecular flexibility index (Phi) is 22.1. The van der Waals surface area contributed by atoms with Crippen molar-refractivity contribution in [2.45, 2.75) is 110 Å². The number of benzene rings is 12. The molecule has 5 heteroatoms. The van der Waals surface area contributed by atoms with Gasteiger partial charge in [0.2, 0.25) is 28.5 Å². The van der Waals surface area contributed by atoms with Gasteiger partial charge in [0.1, 0.15) is 35.2 Å². The van der Waals surface area contributed by atoms with Crippen molar-refractivity contribution in [2.24, 2.45) is 35.2 Å². The lowest BCUT2D eigenvalue weighted by Crippen LogP contribution is -2.31. The largest absolute Gasteiger partial charge is 0.213 e. The third-order valence-corrected chi connectivity index (χ3v) is 23.2. The van der Waals surface area contributed by atoms with Crippen LogP contribution in [0.25, 0.3) is 134 Å². The topological polar surface area (TPSA) is 19.4 Å². The van der Waals surface area contributed by atoms with E-state index in [1.165, 1.54) is 94.8 Å². The summed E-state index contributed by atoms with van der Waals surface area (Å²) < 4.78 is 129. The quantitative estimate of drug-likeness (QED) is 0.109. The van der Waals surface area contributed by atoms with E-state index in [2.05, 4.69) is 211 Å². The maximum Gasteiger partial charge on any atom is 0.213 e. The summed E-state index contributed by atoms with van der Waals surface area (Å²) in [6, 6.07) is 105. The zero-order valence-electron chi connectivity index (χ0n) is 88.6. The van der Waals surface area contributed by atoms with E-state index < -0.39 is 34.3 Å². The van der Waals surface area contributed by atoms with Crippen LogP contribution in [-0.4, -0.2) is 0 Å². The fourth-order valence-corrected chi connectivity index (χ4v) is 16.4. The van der Waals surface area contributed by atoms with E-state index in [4.69, 9.17) is 20.6 Å². The number of nitrogens with zero attached hydrogens (tertiary/aromatic N) is 5. The van der Waals surface area contributed by atoms with Gasteiger partial charge in [-0.2, -0.15) is 0 Å². The van der Waals surface area contributed by atoms with Gasteiger partial charge in [0.25, 0.3) is 0 Å². The zero-order valence-corrected chi connectivity index (χ0v) is 73.6. The Morgan fingerprint density at radius 3 is 0.659 bits per heavy atom. The van der Waals surface area contributed by atoms with Crippen molar-refractivity contribution < 1.29 is 43.4 Å². The van der Waals surface area contributed by atoms with Crippen molar-refractivity contribution >= 4 is 0 Å². The summed E-state index contributed by atoms with van der Waals surface area (Å²) in [4.78, 5) is 0. The van der Waals surface area contributed by atoms with Crippen LogP contribution < -0.4 is 22.8 Å². The normalized spacial score (nSPS) is 13.1. The maximum atomic E-state index is 8.09. The lowest BCUT2D eigenvalue weighted by molar-refractivity contribution is -0.660. The first-order chi connectivity index (χ1) is 65.2. The molecule has 0 N–H and O–H groups in total. The van der Waals surface area contributed by atoms with Crippen molar-refractivity contribution in [2.75, 3.05) is 0 Å². The summed E-state index contributed by atoms with van der Waals surface area (Å²) in [6.07, 6.45) is 9.74. The lowest BCUT2D eigenvalue weighted by atomic mass is 9.92. The molecule has 0 aliphatic heterocycles. The molecule has 0 amide bonds. The van der Waals surface area contributed by atoms with Crippen molar-refractivity contribution in [3.8, 4) is 134 Å². The minimum absolute atomic E-state index is 0.269. The summed E-state index contributed by atoms with van der Waals surface area (Å²) in [5.41, 5.74) is 38.4. The molecule has 612 valence electrons. The number of aryl methyl sites for hydroxylation is 21. The van der Waals surface area contributed by atoms with Crippen LogP contribution in [0.5, 0.6) is 0 Å². The summed E-state index contributed by atoms with van der Waals surface area (Å²) in [5, 5.41) is 0. The third kappa shape index (κ3) is 20.4. The second-order valence-electron chi connectivity index (χ2n) is 32.3. The van der Waals surface area contributed by atoms with Crippen LogP contribution in [0.2, 0.25) is 0 Å². The van der Waals surface area contributed by atoms with E-state index in [9.17, 15) is 0 Å². The molecule has 5 aromatic heterocycles. The summed E-state index contributed by atoms with van der Waals surface area (Å²) in [5.74, 6) is 0. The molecule has 0 unspecified atom stereocenters. The number of hydrogen-bond donors (Lipinski definition) is 0. The smallest absolute Gasteiger partial charge is 0.201 e.